The van der Waals surface area contributed by atoms with E-state index in [1.165, 1.54) is 7.05 Å². The number of nitrogens with zero attached hydrogens (tertiary/aromatic N) is 2. The molecule has 0 aliphatic carbocycles. The number of nitrogens with one attached hydrogen (secondary N) is 2. The van der Waals surface area contributed by atoms with Gasteiger partial charge in [0.05, 0.1) is 18.7 Å². The fraction of sp³-hybridized carbons (Fsp3) is 0.455. The van der Waals surface area contributed by atoms with Gasteiger partial charge in [-0.1, -0.05) is 6.07 Å². The van der Waals surface area contributed by atoms with Crippen LogP contribution in [0.5, 0.6) is 0 Å². The molecular formula is C11H16F3IN4. The van der Waals surface area contributed by atoms with Gasteiger partial charge in [-0.15, -0.1) is 24.0 Å². The van der Waals surface area contributed by atoms with Crippen LogP contribution in [0.4, 0.5) is 13.2 Å². The summed E-state index contributed by atoms with van der Waals surface area (Å²) in [4.78, 5) is 7.90. The lowest BCUT2D eigenvalue weighted by molar-refractivity contribution is -0.132. The highest BCUT2D eigenvalue weighted by atomic mass is 127. The highest BCUT2D eigenvalue weighted by Crippen LogP contribution is 2.17. The number of alkyl halides is 3. The van der Waals surface area contributed by atoms with Gasteiger partial charge in [0.15, 0.2) is 5.96 Å². The van der Waals surface area contributed by atoms with E-state index in [-0.39, 0.29) is 30.5 Å². The molecule has 1 heterocycles. The maximum atomic E-state index is 12.0. The number of aliphatic imine (C=N–C) groups is 1. The Morgan fingerprint density at radius 1 is 1.32 bits per heavy atom. The molecule has 4 nitrogen and oxygen atoms in total. The van der Waals surface area contributed by atoms with Crippen molar-refractivity contribution in [2.24, 2.45) is 4.99 Å². The molecule has 1 aromatic heterocycles. The largest absolute Gasteiger partial charge is 0.390 e. The second kappa shape index (κ2) is 8.94. The van der Waals surface area contributed by atoms with E-state index in [1.54, 1.807) is 12.3 Å². The Bertz CT molecular complexity index is 381. The minimum Gasteiger partial charge on any atom is -0.356 e. The van der Waals surface area contributed by atoms with Gasteiger partial charge in [-0.2, -0.15) is 13.2 Å². The number of rotatable bonds is 4. The smallest absolute Gasteiger partial charge is 0.356 e. The number of hydrogen-bond donors (Lipinski definition) is 2. The molecule has 0 unspecified atom stereocenters. The summed E-state index contributed by atoms with van der Waals surface area (Å²) in [6.07, 6.45) is -3.40. The van der Waals surface area contributed by atoms with Crippen LogP contribution in [0, 0.1) is 0 Å². The van der Waals surface area contributed by atoms with Crippen molar-refractivity contribution in [3.63, 3.8) is 0 Å². The third kappa shape index (κ3) is 8.62. The quantitative estimate of drug-likeness (QED) is 0.473. The van der Waals surface area contributed by atoms with Gasteiger partial charge in [-0.3, -0.25) is 9.98 Å². The first-order valence-electron chi connectivity index (χ1n) is 5.42. The summed E-state index contributed by atoms with van der Waals surface area (Å²) >= 11 is 0. The summed E-state index contributed by atoms with van der Waals surface area (Å²) < 4.78 is 35.9. The average molecular weight is 388 g/mol. The molecular weight excluding hydrogens is 372 g/mol. The van der Waals surface area contributed by atoms with Gasteiger partial charge in [0.1, 0.15) is 0 Å². The van der Waals surface area contributed by atoms with Crippen LogP contribution in [-0.4, -0.2) is 30.7 Å². The zero-order valence-electron chi connectivity index (χ0n) is 10.4. The molecule has 2 N–H and O–H groups in total. The van der Waals surface area contributed by atoms with E-state index in [4.69, 9.17) is 0 Å². The Balaban J connectivity index is 0.00000324. The first-order chi connectivity index (χ1) is 8.51. The van der Waals surface area contributed by atoms with Gasteiger partial charge in [0.2, 0.25) is 0 Å². The summed E-state index contributed by atoms with van der Waals surface area (Å²) in [5, 5.41) is 5.47. The Morgan fingerprint density at radius 2 is 2.05 bits per heavy atom. The van der Waals surface area contributed by atoms with Crippen LogP contribution >= 0.6 is 24.0 Å². The fourth-order valence-electron chi connectivity index (χ4n) is 1.22. The summed E-state index contributed by atoms with van der Waals surface area (Å²) in [6, 6.07) is 5.44. The van der Waals surface area contributed by atoms with Crippen molar-refractivity contribution in [2.45, 2.75) is 19.1 Å². The van der Waals surface area contributed by atoms with Crippen molar-refractivity contribution < 1.29 is 13.2 Å². The lowest BCUT2D eigenvalue weighted by Crippen LogP contribution is -2.38. The number of halogens is 4. The Hall–Kier alpha value is -1.06. The van der Waals surface area contributed by atoms with Crippen molar-refractivity contribution >= 4 is 29.9 Å². The predicted octanol–water partition coefficient (Wildman–Crippen LogP) is 2.32. The van der Waals surface area contributed by atoms with Crippen molar-refractivity contribution in [1.82, 2.24) is 15.6 Å². The predicted molar refractivity (Wildman–Crippen MR) is 78.5 cm³/mol. The number of aromatic nitrogens is 1. The molecule has 1 aromatic rings. The fourth-order valence-corrected chi connectivity index (χ4v) is 1.22. The van der Waals surface area contributed by atoms with Gasteiger partial charge < -0.3 is 10.6 Å². The standard InChI is InChI=1S/C11H15F3N4.HI/c1-15-10(17-7-5-11(12,13)14)18-8-9-4-2-3-6-16-9;/h2-4,6H,5,7-8H2,1H3,(H2,15,17,18);1H. The molecule has 0 fully saturated rings. The second-order valence-electron chi connectivity index (χ2n) is 3.54. The number of pyridine rings is 1. The van der Waals surface area contributed by atoms with Crippen LogP contribution in [0.1, 0.15) is 12.1 Å². The van der Waals surface area contributed by atoms with Crippen molar-refractivity contribution in [3.05, 3.63) is 30.1 Å². The van der Waals surface area contributed by atoms with Crippen molar-refractivity contribution in [2.75, 3.05) is 13.6 Å². The van der Waals surface area contributed by atoms with E-state index in [0.717, 1.165) is 5.69 Å². The van der Waals surface area contributed by atoms with Crippen LogP contribution in [0.25, 0.3) is 0 Å². The van der Waals surface area contributed by atoms with E-state index >= 15 is 0 Å². The minimum atomic E-state index is -4.16. The Kier molecular flexibility index (Phi) is 8.44. The van der Waals surface area contributed by atoms with Crippen LogP contribution in [-0.2, 0) is 6.54 Å². The molecule has 0 saturated carbocycles. The van der Waals surface area contributed by atoms with Crippen LogP contribution in [0.2, 0.25) is 0 Å². The molecule has 0 aliphatic heterocycles. The third-order valence-corrected chi connectivity index (χ3v) is 2.09. The lowest BCUT2D eigenvalue weighted by atomic mass is 10.3. The molecule has 0 aliphatic rings. The highest BCUT2D eigenvalue weighted by Gasteiger charge is 2.26. The molecule has 108 valence electrons. The monoisotopic (exact) mass is 388 g/mol. The molecule has 0 saturated heterocycles. The van der Waals surface area contributed by atoms with E-state index in [9.17, 15) is 13.2 Å². The van der Waals surface area contributed by atoms with Gasteiger partial charge in [-0.25, -0.2) is 0 Å². The molecule has 19 heavy (non-hydrogen) atoms. The summed E-state index contributed by atoms with van der Waals surface area (Å²) in [5.74, 6) is 0.324. The summed E-state index contributed by atoms with van der Waals surface area (Å²) in [7, 11) is 1.50. The summed E-state index contributed by atoms with van der Waals surface area (Å²) in [5.41, 5.74) is 0.788. The lowest BCUT2D eigenvalue weighted by Gasteiger charge is -2.12. The molecule has 0 radical (unpaired) electrons. The Labute approximate surface area is 126 Å². The van der Waals surface area contributed by atoms with E-state index < -0.39 is 12.6 Å². The van der Waals surface area contributed by atoms with Crippen LogP contribution in [0.15, 0.2) is 29.4 Å². The number of hydrogen-bond acceptors (Lipinski definition) is 2. The molecule has 0 atom stereocenters. The Morgan fingerprint density at radius 3 is 2.58 bits per heavy atom. The molecule has 0 bridgehead atoms. The third-order valence-electron chi connectivity index (χ3n) is 2.09. The van der Waals surface area contributed by atoms with Gasteiger partial charge >= 0.3 is 6.18 Å². The maximum absolute atomic E-state index is 12.0. The van der Waals surface area contributed by atoms with E-state index in [0.29, 0.717) is 12.5 Å². The topological polar surface area (TPSA) is 49.3 Å². The van der Waals surface area contributed by atoms with Gasteiger partial charge in [0, 0.05) is 19.8 Å². The molecule has 0 aromatic carbocycles. The average Bonchev–Trinajstić information content (AvgIpc) is 2.33. The maximum Gasteiger partial charge on any atom is 0.390 e. The SMILES string of the molecule is CN=C(NCCC(F)(F)F)NCc1ccccn1.I. The van der Waals surface area contributed by atoms with Gasteiger partial charge in [0.25, 0.3) is 0 Å². The van der Waals surface area contributed by atoms with Crippen molar-refractivity contribution in [1.29, 1.82) is 0 Å². The molecule has 0 amide bonds. The first kappa shape index (κ1) is 17.9. The van der Waals surface area contributed by atoms with E-state index in [2.05, 4.69) is 20.6 Å². The van der Waals surface area contributed by atoms with E-state index in [1.807, 2.05) is 12.1 Å². The second-order valence-corrected chi connectivity index (χ2v) is 3.54. The summed E-state index contributed by atoms with van der Waals surface area (Å²) in [6.45, 7) is 0.206. The van der Waals surface area contributed by atoms with Crippen molar-refractivity contribution in [3.8, 4) is 0 Å². The molecule has 8 heteroatoms. The zero-order chi connectivity index (χ0) is 13.4. The normalized spacial score (nSPS) is 11.7. The first-order valence-corrected chi connectivity index (χ1v) is 5.42. The number of guanidine groups is 1. The molecule has 1 rings (SSSR count). The van der Waals surface area contributed by atoms with Crippen LogP contribution in [0.3, 0.4) is 0 Å². The minimum absolute atomic E-state index is 0. The molecule has 0 spiro atoms. The van der Waals surface area contributed by atoms with Crippen LogP contribution < -0.4 is 10.6 Å². The van der Waals surface area contributed by atoms with Gasteiger partial charge in [-0.05, 0) is 12.1 Å². The highest BCUT2D eigenvalue weighted by molar-refractivity contribution is 14.0. The zero-order valence-corrected chi connectivity index (χ0v) is 12.7.